The minimum Gasteiger partial charge on any atom is -0.268 e. The second-order valence-electron chi connectivity index (χ2n) is 4.63. The van der Waals surface area contributed by atoms with E-state index in [-0.39, 0.29) is 0 Å². The van der Waals surface area contributed by atoms with Crippen LogP contribution in [0.15, 0.2) is 64.2 Å². The first kappa shape index (κ1) is 17.1. The van der Waals surface area contributed by atoms with E-state index in [0.29, 0.717) is 11.3 Å². The minimum atomic E-state index is -3.63. The summed E-state index contributed by atoms with van der Waals surface area (Å²) in [5, 5.41) is 12.9. The highest BCUT2D eigenvalue weighted by Gasteiger charge is 2.09. The molecule has 118 valence electrons. The second-order valence-corrected chi connectivity index (χ2v) is 7.07. The van der Waals surface area contributed by atoms with Gasteiger partial charge < -0.3 is 0 Å². The van der Waals surface area contributed by atoms with Crippen molar-refractivity contribution in [3.05, 3.63) is 59.7 Å². The lowest BCUT2D eigenvalue weighted by Crippen LogP contribution is -2.01. The lowest BCUT2D eigenvalue weighted by atomic mass is 9.97. The van der Waals surface area contributed by atoms with Crippen LogP contribution in [0, 0.1) is 11.3 Å². The molecule has 7 heteroatoms. The summed E-state index contributed by atoms with van der Waals surface area (Å²) in [4.78, 5) is 1.12. The normalized spacial score (nSPS) is 13.6. The van der Waals surface area contributed by atoms with Gasteiger partial charge in [-0.2, -0.15) is 13.7 Å². The molecule has 0 aromatic heterocycles. The van der Waals surface area contributed by atoms with Crippen LogP contribution in [0.3, 0.4) is 0 Å². The SMILES string of the molecule is CSc1ccc(C(C#N)=C2C=CC(=NOS(C)(=O)=O)C=C2)cc1. The summed E-state index contributed by atoms with van der Waals surface area (Å²) in [6.07, 6.45) is 9.49. The van der Waals surface area contributed by atoms with Crippen molar-refractivity contribution in [1.82, 2.24) is 0 Å². The van der Waals surface area contributed by atoms with Crippen molar-refractivity contribution in [2.24, 2.45) is 5.16 Å². The predicted molar refractivity (Wildman–Crippen MR) is 92.4 cm³/mol. The van der Waals surface area contributed by atoms with Crippen molar-refractivity contribution < 1.29 is 12.7 Å². The van der Waals surface area contributed by atoms with Gasteiger partial charge in [0.2, 0.25) is 0 Å². The third kappa shape index (κ3) is 4.84. The molecule has 2 rings (SSSR count). The number of oxime groups is 1. The average molecular weight is 346 g/mol. The van der Waals surface area contributed by atoms with Crippen LogP contribution in [-0.4, -0.2) is 26.6 Å². The number of nitrogens with zero attached hydrogens (tertiary/aromatic N) is 2. The third-order valence-corrected chi connectivity index (χ3v) is 4.01. The highest BCUT2D eigenvalue weighted by molar-refractivity contribution is 7.98. The molecule has 1 aromatic rings. The Morgan fingerprint density at radius 2 is 1.78 bits per heavy atom. The van der Waals surface area contributed by atoms with E-state index in [1.165, 1.54) is 0 Å². The monoisotopic (exact) mass is 346 g/mol. The molecule has 23 heavy (non-hydrogen) atoms. The zero-order chi connectivity index (χ0) is 16.9. The molecule has 5 nitrogen and oxygen atoms in total. The third-order valence-electron chi connectivity index (χ3n) is 2.92. The summed E-state index contributed by atoms with van der Waals surface area (Å²) in [6.45, 7) is 0. The summed E-state index contributed by atoms with van der Waals surface area (Å²) < 4.78 is 26.2. The first-order valence-corrected chi connectivity index (χ1v) is 9.58. The molecule has 0 aliphatic heterocycles. The summed E-state index contributed by atoms with van der Waals surface area (Å²) in [5.74, 6) is 0. The molecular weight excluding hydrogens is 332 g/mol. The van der Waals surface area contributed by atoms with Crippen molar-refractivity contribution in [1.29, 1.82) is 5.26 Å². The van der Waals surface area contributed by atoms with Crippen molar-refractivity contribution in [3.8, 4) is 6.07 Å². The molecule has 0 saturated heterocycles. The maximum absolute atomic E-state index is 10.9. The fourth-order valence-electron chi connectivity index (χ4n) is 1.85. The molecule has 1 aliphatic carbocycles. The number of allylic oxidation sites excluding steroid dienone is 6. The number of benzene rings is 1. The molecule has 0 saturated carbocycles. The average Bonchev–Trinajstić information content (AvgIpc) is 2.55. The first-order valence-electron chi connectivity index (χ1n) is 6.54. The van der Waals surface area contributed by atoms with E-state index in [0.717, 1.165) is 22.3 Å². The van der Waals surface area contributed by atoms with Gasteiger partial charge in [-0.25, -0.2) is 0 Å². The molecule has 0 radical (unpaired) electrons. The maximum atomic E-state index is 10.9. The van der Waals surface area contributed by atoms with Gasteiger partial charge in [-0.15, -0.1) is 11.8 Å². The Labute approximate surface area is 139 Å². The predicted octanol–water partition coefficient (Wildman–Crippen LogP) is 3.14. The van der Waals surface area contributed by atoms with Crippen molar-refractivity contribution in [2.45, 2.75) is 4.90 Å². The van der Waals surface area contributed by atoms with Gasteiger partial charge in [-0.1, -0.05) is 29.4 Å². The van der Waals surface area contributed by atoms with Crippen LogP contribution in [-0.2, 0) is 14.4 Å². The van der Waals surface area contributed by atoms with Crippen LogP contribution >= 0.6 is 11.8 Å². The van der Waals surface area contributed by atoms with E-state index >= 15 is 0 Å². The second kappa shape index (κ2) is 7.31. The Morgan fingerprint density at radius 3 is 2.26 bits per heavy atom. The van der Waals surface area contributed by atoms with Gasteiger partial charge in [-0.3, -0.25) is 4.28 Å². The van der Waals surface area contributed by atoms with Crippen LogP contribution in [0.1, 0.15) is 5.56 Å². The number of hydrogen-bond acceptors (Lipinski definition) is 6. The first-order chi connectivity index (χ1) is 10.9. The molecule has 0 heterocycles. The maximum Gasteiger partial charge on any atom is 0.325 e. The highest BCUT2D eigenvalue weighted by Crippen LogP contribution is 2.24. The van der Waals surface area contributed by atoms with Crippen LogP contribution in [0.5, 0.6) is 0 Å². The van der Waals surface area contributed by atoms with E-state index in [2.05, 4.69) is 15.5 Å². The van der Waals surface area contributed by atoms with Gasteiger partial charge in [0.1, 0.15) is 11.8 Å². The van der Waals surface area contributed by atoms with Crippen molar-refractivity contribution >= 4 is 33.2 Å². The standard InChI is InChI=1S/C16H14N2O3S2/c1-22-15-9-5-13(6-10-15)16(11-17)12-3-7-14(8-4-12)18-21-23(2,19)20/h3-10H,1-2H3. The molecule has 1 aliphatic rings. The molecule has 0 N–H and O–H groups in total. The number of rotatable bonds is 4. The van der Waals surface area contributed by atoms with Gasteiger partial charge in [0.15, 0.2) is 0 Å². The Hall–Kier alpha value is -2.30. The smallest absolute Gasteiger partial charge is 0.268 e. The zero-order valence-electron chi connectivity index (χ0n) is 12.6. The minimum absolute atomic E-state index is 0.356. The van der Waals surface area contributed by atoms with Gasteiger partial charge >= 0.3 is 10.1 Å². The zero-order valence-corrected chi connectivity index (χ0v) is 14.2. The molecule has 0 amide bonds. The van der Waals surface area contributed by atoms with Crippen molar-refractivity contribution in [2.75, 3.05) is 12.5 Å². The molecule has 0 spiro atoms. The fourth-order valence-corrected chi connectivity index (χ4v) is 2.48. The fraction of sp³-hybridized carbons (Fsp3) is 0.125. The number of hydrogen-bond donors (Lipinski definition) is 0. The largest absolute Gasteiger partial charge is 0.325 e. The Balaban J connectivity index is 2.28. The molecule has 0 unspecified atom stereocenters. The summed E-state index contributed by atoms with van der Waals surface area (Å²) >= 11 is 1.63. The van der Waals surface area contributed by atoms with Crippen LogP contribution in [0.2, 0.25) is 0 Å². The Kier molecular flexibility index (Phi) is 5.42. The van der Waals surface area contributed by atoms with Crippen LogP contribution in [0.25, 0.3) is 5.57 Å². The van der Waals surface area contributed by atoms with E-state index < -0.39 is 10.1 Å². The summed E-state index contributed by atoms with van der Waals surface area (Å²) in [6, 6.07) is 9.92. The highest BCUT2D eigenvalue weighted by atomic mass is 32.2. The number of nitriles is 1. The van der Waals surface area contributed by atoms with Gasteiger partial charge in [-0.05, 0) is 41.7 Å². The quantitative estimate of drug-likeness (QED) is 0.475. The lowest BCUT2D eigenvalue weighted by Gasteiger charge is -2.07. The molecular formula is C16H14N2O3S2. The number of thioether (sulfide) groups is 1. The topological polar surface area (TPSA) is 79.5 Å². The van der Waals surface area contributed by atoms with Crippen LogP contribution in [0.4, 0.5) is 0 Å². The van der Waals surface area contributed by atoms with E-state index in [1.54, 1.807) is 36.1 Å². The van der Waals surface area contributed by atoms with Crippen LogP contribution < -0.4 is 0 Å². The van der Waals surface area contributed by atoms with Gasteiger partial charge in [0.25, 0.3) is 0 Å². The molecule has 0 atom stereocenters. The molecule has 1 aromatic carbocycles. The lowest BCUT2D eigenvalue weighted by molar-refractivity contribution is 0.344. The van der Waals surface area contributed by atoms with Crippen molar-refractivity contribution in [3.63, 3.8) is 0 Å². The summed E-state index contributed by atoms with van der Waals surface area (Å²) in [5.41, 5.74) is 2.44. The van der Waals surface area contributed by atoms with E-state index in [9.17, 15) is 13.7 Å². The van der Waals surface area contributed by atoms with Gasteiger partial charge in [0, 0.05) is 4.90 Å². The summed E-state index contributed by atoms with van der Waals surface area (Å²) in [7, 11) is -3.63. The molecule has 0 bridgehead atoms. The van der Waals surface area contributed by atoms with E-state index in [4.69, 9.17) is 0 Å². The molecule has 0 fully saturated rings. The Bertz CT molecular complexity index is 838. The Morgan fingerprint density at radius 1 is 1.17 bits per heavy atom. The van der Waals surface area contributed by atoms with Gasteiger partial charge in [0.05, 0.1) is 11.8 Å². The van der Waals surface area contributed by atoms with E-state index in [1.807, 2.05) is 30.5 Å².